The van der Waals surface area contributed by atoms with Crippen molar-refractivity contribution < 1.29 is 17.7 Å². The average molecular weight is 320 g/mol. The molecule has 1 N–H and O–H groups in total. The third-order valence-electron chi connectivity index (χ3n) is 2.91. The number of ether oxygens (including phenoxy) is 1. The molecule has 116 valence electrons. The molecule has 0 saturated heterocycles. The fourth-order valence-electron chi connectivity index (χ4n) is 1.88. The van der Waals surface area contributed by atoms with Gasteiger partial charge in [-0.2, -0.15) is 4.72 Å². The van der Waals surface area contributed by atoms with E-state index >= 15 is 0 Å². The number of rotatable bonds is 4. The molecule has 0 amide bonds. The summed E-state index contributed by atoms with van der Waals surface area (Å²) >= 11 is 0. The lowest BCUT2D eigenvalue weighted by atomic mass is 10.2. The molecule has 22 heavy (non-hydrogen) atoms. The Hall–Kier alpha value is -2.30. The molecule has 0 bridgehead atoms. The van der Waals surface area contributed by atoms with Gasteiger partial charge in [0.25, 0.3) is 0 Å². The monoisotopic (exact) mass is 320 g/mol. The van der Waals surface area contributed by atoms with Crippen molar-refractivity contribution in [1.82, 2.24) is 9.88 Å². The number of sulfonamides is 1. The van der Waals surface area contributed by atoms with Gasteiger partial charge in [-0.15, -0.1) is 0 Å². The highest BCUT2D eigenvalue weighted by Gasteiger charge is 2.23. The number of nitrogens with zero attached hydrogens (tertiary/aromatic N) is 1. The molecule has 1 heterocycles. The number of nitrogens with one attached hydrogen (secondary N) is 1. The van der Waals surface area contributed by atoms with Crippen LogP contribution in [-0.4, -0.2) is 27.2 Å². The van der Waals surface area contributed by atoms with E-state index < -0.39 is 10.0 Å². The lowest BCUT2D eigenvalue weighted by Gasteiger charge is -2.02. The number of methoxy groups -OCH3 is 1. The lowest BCUT2D eigenvalue weighted by Crippen LogP contribution is -2.24. The van der Waals surface area contributed by atoms with Crippen LogP contribution in [0.4, 0.5) is 0 Å². The molecule has 2 aromatic rings. The van der Waals surface area contributed by atoms with Crippen molar-refractivity contribution >= 4 is 10.0 Å². The molecule has 6 nitrogen and oxygen atoms in total. The third-order valence-corrected chi connectivity index (χ3v) is 4.55. The first-order valence-corrected chi connectivity index (χ1v) is 7.98. The van der Waals surface area contributed by atoms with Gasteiger partial charge in [-0.05, 0) is 38.1 Å². The van der Waals surface area contributed by atoms with Crippen LogP contribution in [0.5, 0.6) is 5.75 Å². The molecule has 0 unspecified atom stereocenters. The van der Waals surface area contributed by atoms with E-state index in [1.54, 1.807) is 45.2 Å². The van der Waals surface area contributed by atoms with Crippen molar-refractivity contribution in [3.63, 3.8) is 0 Å². The van der Waals surface area contributed by atoms with Crippen LogP contribution in [0, 0.1) is 25.7 Å². The molecule has 1 aromatic heterocycles. The second-order valence-corrected chi connectivity index (χ2v) is 6.21. The molecule has 0 fully saturated rings. The van der Waals surface area contributed by atoms with E-state index in [1.165, 1.54) is 0 Å². The summed E-state index contributed by atoms with van der Waals surface area (Å²) in [7, 11) is -2.08. The molecule has 0 aliphatic heterocycles. The molecule has 0 radical (unpaired) electrons. The summed E-state index contributed by atoms with van der Waals surface area (Å²) in [6.45, 7) is 3.13. The molecule has 2 rings (SSSR count). The first-order valence-electron chi connectivity index (χ1n) is 6.49. The number of hydrogen-bond acceptors (Lipinski definition) is 5. The van der Waals surface area contributed by atoms with Crippen molar-refractivity contribution in [3.8, 4) is 17.6 Å². The zero-order chi connectivity index (χ0) is 16.2. The molecular weight excluding hydrogens is 304 g/mol. The highest BCUT2D eigenvalue weighted by molar-refractivity contribution is 7.89. The Morgan fingerprint density at radius 3 is 2.50 bits per heavy atom. The number of aryl methyl sites for hydroxylation is 2. The Morgan fingerprint density at radius 1 is 1.27 bits per heavy atom. The second kappa shape index (κ2) is 6.64. The first kappa shape index (κ1) is 16.1. The van der Waals surface area contributed by atoms with Crippen LogP contribution in [-0.2, 0) is 10.0 Å². The van der Waals surface area contributed by atoms with E-state index in [1.807, 2.05) is 0 Å². The lowest BCUT2D eigenvalue weighted by molar-refractivity contribution is 0.390. The Labute approximate surface area is 129 Å². The predicted molar refractivity (Wildman–Crippen MR) is 81.0 cm³/mol. The fourth-order valence-corrected chi connectivity index (χ4v) is 3.13. The van der Waals surface area contributed by atoms with E-state index in [4.69, 9.17) is 9.26 Å². The molecule has 1 aromatic carbocycles. The van der Waals surface area contributed by atoms with Gasteiger partial charge in [0.15, 0.2) is 5.76 Å². The zero-order valence-electron chi connectivity index (χ0n) is 12.5. The van der Waals surface area contributed by atoms with Crippen LogP contribution in [0.2, 0.25) is 0 Å². The smallest absolute Gasteiger partial charge is 0.246 e. The van der Waals surface area contributed by atoms with E-state index in [2.05, 4.69) is 21.7 Å². The summed E-state index contributed by atoms with van der Waals surface area (Å²) < 4.78 is 36.6. The van der Waals surface area contributed by atoms with Gasteiger partial charge in [0.1, 0.15) is 16.3 Å². The van der Waals surface area contributed by atoms with Crippen LogP contribution in [0.25, 0.3) is 0 Å². The quantitative estimate of drug-likeness (QED) is 0.866. The van der Waals surface area contributed by atoms with Crippen LogP contribution >= 0.6 is 0 Å². The van der Waals surface area contributed by atoms with E-state index in [0.29, 0.717) is 5.69 Å². The maximum absolute atomic E-state index is 12.1. The average Bonchev–Trinajstić information content (AvgIpc) is 2.84. The third kappa shape index (κ3) is 3.67. The molecule has 0 atom stereocenters. The minimum atomic E-state index is -3.67. The van der Waals surface area contributed by atoms with E-state index in [-0.39, 0.29) is 17.2 Å². The SMILES string of the molecule is COc1ccc(C#CCNS(=O)(=O)c2c(C)noc2C)cc1. The normalized spacial score (nSPS) is 10.9. The molecule has 0 spiro atoms. The highest BCUT2D eigenvalue weighted by atomic mass is 32.2. The van der Waals surface area contributed by atoms with Gasteiger partial charge in [-0.3, -0.25) is 0 Å². The molecule has 0 aliphatic carbocycles. The van der Waals surface area contributed by atoms with E-state index in [0.717, 1.165) is 11.3 Å². The van der Waals surface area contributed by atoms with Crippen molar-refractivity contribution in [2.24, 2.45) is 0 Å². The van der Waals surface area contributed by atoms with Crippen LogP contribution in [0.3, 0.4) is 0 Å². The summed E-state index contributed by atoms with van der Waals surface area (Å²) in [6, 6.07) is 7.18. The summed E-state index contributed by atoms with van der Waals surface area (Å²) in [5.41, 5.74) is 1.10. The van der Waals surface area contributed by atoms with Crippen molar-refractivity contribution in [2.45, 2.75) is 18.7 Å². The zero-order valence-corrected chi connectivity index (χ0v) is 13.3. The standard InChI is InChI=1S/C15H16N2O4S/c1-11-15(12(2)21-17-11)22(18,19)16-10-4-5-13-6-8-14(20-3)9-7-13/h6-9,16H,10H2,1-3H3. The summed E-state index contributed by atoms with van der Waals surface area (Å²) in [6.07, 6.45) is 0. The predicted octanol–water partition coefficient (Wildman–Crippen LogP) is 1.63. The van der Waals surface area contributed by atoms with Crippen LogP contribution in [0.1, 0.15) is 17.0 Å². The molecule has 7 heteroatoms. The second-order valence-electron chi connectivity index (χ2n) is 4.51. The minimum Gasteiger partial charge on any atom is -0.497 e. The summed E-state index contributed by atoms with van der Waals surface area (Å²) in [5, 5.41) is 3.63. The Kier molecular flexibility index (Phi) is 4.85. The number of aromatic nitrogens is 1. The van der Waals surface area contributed by atoms with Gasteiger partial charge in [0.2, 0.25) is 10.0 Å². The fraction of sp³-hybridized carbons (Fsp3) is 0.267. The van der Waals surface area contributed by atoms with Gasteiger partial charge in [0.05, 0.1) is 13.7 Å². The van der Waals surface area contributed by atoms with Gasteiger partial charge in [-0.1, -0.05) is 17.0 Å². The Balaban J connectivity index is 2.03. The highest BCUT2D eigenvalue weighted by Crippen LogP contribution is 2.18. The minimum absolute atomic E-state index is 0.00156. The van der Waals surface area contributed by atoms with Gasteiger partial charge in [-0.25, -0.2) is 8.42 Å². The number of hydrogen-bond donors (Lipinski definition) is 1. The Bertz CT molecular complexity index is 792. The maximum atomic E-state index is 12.1. The molecular formula is C15H16N2O4S. The van der Waals surface area contributed by atoms with E-state index in [9.17, 15) is 8.42 Å². The molecule has 0 aliphatic rings. The van der Waals surface area contributed by atoms with Crippen LogP contribution in [0.15, 0.2) is 33.7 Å². The van der Waals surface area contributed by atoms with Crippen molar-refractivity contribution in [3.05, 3.63) is 41.3 Å². The van der Waals surface area contributed by atoms with Gasteiger partial charge in [0, 0.05) is 5.56 Å². The van der Waals surface area contributed by atoms with Gasteiger partial charge >= 0.3 is 0 Å². The topological polar surface area (TPSA) is 81.4 Å². The Morgan fingerprint density at radius 2 is 1.95 bits per heavy atom. The summed E-state index contributed by atoms with van der Waals surface area (Å²) in [5.74, 6) is 6.63. The van der Waals surface area contributed by atoms with Crippen molar-refractivity contribution in [2.75, 3.05) is 13.7 Å². The largest absolute Gasteiger partial charge is 0.497 e. The van der Waals surface area contributed by atoms with Gasteiger partial charge < -0.3 is 9.26 Å². The van der Waals surface area contributed by atoms with Crippen molar-refractivity contribution in [1.29, 1.82) is 0 Å². The maximum Gasteiger partial charge on any atom is 0.246 e. The summed E-state index contributed by atoms with van der Waals surface area (Å²) in [4.78, 5) is 0.0683. The first-order chi connectivity index (χ1) is 10.4. The number of benzene rings is 1. The van der Waals surface area contributed by atoms with Crippen LogP contribution < -0.4 is 9.46 Å². The molecule has 0 saturated carbocycles.